The Morgan fingerprint density at radius 1 is 1.36 bits per heavy atom. The number of rotatable bonds is 1. The summed E-state index contributed by atoms with van der Waals surface area (Å²) < 4.78 is 11.8. The van der Waals surface area contributed by atoms with Crippen molar-refractivity contribution in [2.24, 2.45) is 0 Å². The first kappa shape index (κ1) is 8.62. The van der Waals surface area contributed by atoms with Gasteiger partial charge in [-0.15, -0.1) is 0 Å². The van der Waals surface area contributed by atoms with Crippen LogP contribution in [0, 0.1) is 0 Å². The van der Waals surface area contributed by atoms with Crippen molar-refractivity contribution in [1.29, 1.82) is 0 Å². The van der Waals surface area contributed by atoms with E-state index in [-0.39, 0.29) is 5.56 Å². The number of nitrogens with one attached hydrogen (secondary N) is 1. The van der Waals surface area contributed by atoms with Crippen LogP contribution in [0.4, 0.5) is 4.48 Å². The van der Waals surface area contributed by atoms with Crippen molar-refractivity contribution < 1.29 is 9.28 Å². The molecular weight excluding hydrogens is 183 g/mol. The van der Waals surface area contributed by atoms with Crippen LogP contribution >= 0.6 is 0 Å². The summed E-state index contributed by atoms with van der Waals surface area (Å²) in [6.45, 7) is 0. The van der Waals surface area contributed by atoms with E-state index in [9.17, 15) is 9.28 Å². The summed E-state index contributed by atoms with van der Waals surface area (Å²) in [5, 5.41) is 0.814. The minimum Gasteiger partial charge on any atom is -0.267 e. The first-order valence-electron chi connectivity index (χ1n) is 4.07. The molecule has 0 atom stereocenters. The number of aromatic nitrogens is 1. The molecular formula is C10H7FN2O. The normalized spacial score (nSPS) is 10.1. The number of carbonyl (C=O) groups is 1. The molecule has 1 amide bonds. The molecule has 1 N–H and O–H groups in total. The van der Waals surface area contributed by atoms with Gasteiger partial charge in [0.2, 0.25) is 0 Å². The molecule has 0 unspecified atom stereocenters. The summed E-state index contributed by atoms with van der Waals surface area (Å²) in [5.74, 6) is -0.775. The van der Waals surface area contributed by atoms with Crippen LogP contribution in [-0.2, 0) is 0 Å². The molecule has 2 rings (SSSR count). The maximum Gasteiger partial charge on any atom is 0.280 e. The van der Waals surface area contributed by atoms with E-state index in [1.165, 1.54) is 6.20 Å². The number of amides is 1. The van der Waals surface area contributed by atoms with Crippen LogP contribution in [0.15, 0.2) is 36.5 Å². The Bertz CT molecular complexity index is 484. The zero-order chi connectivity index (χ0) is 9.97. The van der Waals surface area contributed by atoms with Crippen molar-refractivity contribution in [3.8, 4) is 0 Å². The molecule has 0 aliphatic rings. The van der Waals surface area contributed by atoms with E-state index in [0.29, 0.717) is 0 Å². The second-order valence-electron chi connectivity index (χ2n) is 2.84. The zero-order valence-corrected chi connectivity index (χ0v) is 7.20. The molecule has 1 heterocycles. The summed E-state index contributed by atoms with van der Waals surface area (Å²) >= 11 is 0. The lowest BCUT2D eigenvalue weighted by Gasteiger charge is -1.99. The van der Waals surface area contributed by atoms with Gasteiger partial charge in [-0.25, -0.2) is 0 Å². The van der Waals surface area contributed by atoms with E-state index in [1.54, 1.807) is 6.07 Å². The van der Waals surface area contributed by atoms with Gasteiger partial charge >= 0.3 is 0 Å². The predicted octanol–water partition coefficient (Wildman–Crippen LogP) is 1.85. The van der Waals surface area contributed by atoms with Crippen molar-refractivity contribution >= 4 is 16.8 Å². The molecule has 0 spiro atoms. The van der Waals surface area contributed by atoms with Gasteiger partial charge in [0.1, 0.15) is 0 Å². The third-order valence-electron chi connectivity index (χ3n) is 1.94. The smallest absolute Gasteiger partial charge is 0.267 e. The number of carbonyl (C=O) groups excluding carboxylic acids is 1. The van der Waals surface area contributed by atoms with Crippen LogP contribution in [0.5, 0.6) is 0 Å². The highest BCUT2D eigenvalue weighted by molar-refractivity contribution is 5.96. The third kappa shape index (κ3) is 1.42. The fourth-order valence-corrected chi connectivity index (χ4v) is 1.25. The number of hydrogen-bond donors (Lipinski definition) is 1. The van der Waals surface area contributed by atoms with Gasteiger partial charge in [-0.05, 0) is 12.1 Å². The third-order valence-corrected chi connectivity index (χ3v) is 1.94. The number of fused-ring (bicyclic) bond motifs is 1. The number of halogens is 1. The monoisotopic (exact) mass is 190 g/mol. The van der Waals surface area contributed by atoms with Crippen LogP contribution < -0.4 is 5.54 Å². The molecule has 0 fully saturated rings. The lowest BCUT2D eigenvalue weighted by Crippen LogP contribution is -2.13. The molecule has 0 saturated heterocycles. The van der Waals surface area contributed by atoms with Gasteiger partial charge < -0.3 is 0 Å². The lowest BCUT2D eigenvalue weighted by atomic mass is 10.1. The highest BCUT2D eigenvalue weighted by Crippen LogP contribution is 2.12. The van der Waals surface area contributed by atoms with Crippen molar-refractivity contribution in [1.82, 2.24) is 10.5 Å². The second-order valence-corrected chi connectivity index (χ2v) is 2.84. The molecule has 1 aromatic carbocycles. The van der Waals surface area contributed by atoms with Crippen molar-refractivity contribution in [2.45, 2.75) is 0 Å². The van der Waals surface area contributed by atoms with Crippen molar-refractivity contribution in [2.75, 3.05) is 0 Å². The summed E-state index contributed by atoms with van der Waals surface area (Å²) in [6, 6.07) is 8.92. The van der Waals surface area contributed by atoms with Crippen molar-refractivity contribution in [3.63, 3.8) is 0 Å². The molecule has 0 saturated carbocycles. The minimum atomic E-state index is -0.775. The average Bonchev–Trinajstić information content (AvgIpc) is 2.27. The number of pyridine rings is 1. The molecule has 0 radical (unpaired) electrons. The Morgan fingerprint density at radius 3 is 2.93 bits per heavy atom. The maximum atomic E-state index is 11.8. The van der Waals surface area contributed by atoms with E-state index in [0.717, 1.165) is 16.4 Å². The van der Waals surface area contributed by atoms with Crippen LogP contribution in [0.1, 0.15) is 10.4 Å². The van der Waals surface area contributed by atoms with E-state index >= 15 is 0 Å². The largest absolute Gasteiger partial charge is 0.280 e. The fraction of sp³-hybridized carbons (Fsp3) is 0. The molecule has 0 aliphatic heterocycles. The summed E-state index contributed by atoms with van der Waals surface area (Å²) in [7, 11) is 0. The Labute approximate surface area is 79.5 Å². The maximum absolute atomic E-state index is 11.8. The summed E-state index contributed by atoms with van der Waals surface area (Å²) in [5.41, 5.74) is 2.06. The molecule has 2 aromatic rings. The SMILES string of the molecule is O=C(NF)c1cnc2ccccc2c1. The molecule has 3 nitrogen and oxygen atoms in total. The Hall–Kier alpha value is -1.97. The minimum absolute atomic E-state index is 0.214. The highest BCUT2D eigenvalue weighted by Gasteiger charge is 2.05. The number of benzene rings is 1. The molecule has 70 valence electrons. The van der Waals surface area contributed by atoms with Gasteiger partial charge in [-0.2, -0.15) is 5.54 Å². The first-order valence-corrected chi connectivity index (χ1v) is 4.07. The zero-order valence-electron chi connectivity index (χ0n) is 7.20. The predicted molar refractivity (Wildman–Crippen MR) is 50.3 cm³/mol. The molecule has 1 aromatic heterocycles. The standard InChI is InChI=1S/C10H7FN2O/c11-13-10(14)8-5-7-3-1-2-4-9(7)12-6-8/h1-6H,(H,13,14). The lowest BCUT2D eigenvalue weighted by molar-refractivity contribution is 0.0859. The molecule has 14 heavy (non-hydrogen) atoms. The second kappa shape index (κ2) is 3.41. The van der Waals surface area contributed by atoms with Crippen LogP contribution in [0.25, 0.3) is 10.9 Å². The Balaban J connectivity index is 2.56. The fourth-order valence-electron chi connectivity index (χ4n) is 1.25. The van der Waals surface area contributed by atoms with Gasteiger partial charge in [0.05, 0.1) is 11.1 Å². The average molecular weight is 190 g/mol. The Kier molecular flexibility index (Phi) is 2.10. The van der Waals surface area contributed by atoms with Crippen LogP contribution in [0.3, 0.4) is 0 Å². The highest BCUT2D eigenvalue weighted by atomic mass is 19.2. The number of para-hydroxylation sites is 1. The quantitative estimate of drug-likeness (QED) is 0.697. The van der Waals surface area contributed by atoms with Crippen LogP contribution in [-0.4, -0.2) is 10.9 Å². The molecule has 0 bridgehead atoms. The molecule has 4 heteroatoms. The van der Waals surface area contributed by atoms with Gasteiger partial charge in [0, 0.05) is 11.6 Å². The summed E-state index contributed by atoms with van der Waals surface area (Å²) in [6.07, 6.45) is 1.34. The van der Waals surface area contributed by atoms with Gasteiger partial charge in [0.25, 0.3) is 5.91 Å². The number of hydrogen-bond acceptors (Lipinski definition) is 2. The molecule has 0 aliphatic carbocycles. The van der Waals surface area contributed by atoms with Gasteiger partial charge in [-0.1, -0.05) is 22.7 Å². The van der Waals surface area contributed by atoms with E-state index < -0.39 is 5.91 Å². The van der Waals surface area contributed by atoms with Crippen molar-refractivity contribution in [3.05, 3.63) is 42.1 Å². The van der Waals surface area contributed by atoms with E-state index in [4.69, 9.17) is 0 Å². The topological polar surface area (TPSA) is 42.0 Å². The number of nitrogens with zero attached hydrogens (tertiary/aromatic N) is 1. The summed E-state index contributed by atoms with van der Waals surface area (Å²) in [4.78, 5) is 15.0. The Morgan fingerprint density at radius 2 is 2.14 bits per heavy atom. The van der Waals surface area contributed by atoms with Gasteiger partial charge in [-0.3, -0.25) is 9.78 Å². The van der Waals surface area contributed by atoms with E-state index in [1.807, 2.05) is 24.3 Å². The van der Waals surface area contributed by atoms with E-state index in [2.05, 4.69) is 4.98 Å². The first-order chi connectivity index (χ1) is 6.81. The van der Waals surface area contributed by atoms with Crippen LogP contribution in [0.2, 0.25) is 0 Å². The van der Waals surface area contributed by atoms with Gasteiger partial charge in [0.15, 0.2) is 0 Å².